The summed E-state index contributed by atoms with van der Waals surface area (Å²) in [5.74, 6) is -0.0334. The molecule has 0 bridgehead atoms. The molecule has 0 aliphatic rings. The van der Waals surface area contributed by atoms with E-state index in [1.54, 1.807) is 19.2 Å². The Balaban J connectivity index is 2.34. The summed E-state index contributed by atoms with van der Waals surface area (Å²) in [7, 11) is 1.80. The van der Waals surface area contributed by atoms with Crippen LogP contribution in [0, 0.1) is 11.6 Å². The van der Waals surface area contributed by atoms with Crippen LogP contribution in [0.4, 0.5) is 8.78 Å². The quantitative estimate of drug-likeness (QED) is 0.865. The molecule has 4 heteroatoms. The van der Waals surface area contributed by atoms with Crippen LogP contribution in [0.1, 0.15) is 5.76 Å². The molecule has 0 amide bonds. The second-order valence-electron chi connectivity index (χ2n) is 3.45. The Labute approximate surface area is 91.9 Å². The van der Waals surface area contributed by atoms with E-state index < -0.39 is 11.6 Å². The van der Waals surface area contributed by atoms with E-state index in [-0.39, 0.29) is 0 Å². The average Bonchev–Trinajstić information content (AvgIpc) is 2.65. The summed E-state index contributed by atoms with van der Waals surface area (Å²) < 4.78 is 31.4. The molecule has 1 heterocycles. The third-order valence-corrected chi connectivity index (χ3v) is 2.16. The molecule has 2 aromatic rings. The Morgan fingerprint density at radius 3 is 2.44 bits per heavy atom. The van der Waals surface area contributed by atoms with Gasteiger partial charge in [0.15, 0.2) is 0 Å². The number of nitrogens with one attached hydrogen (secondary N) is 1. The largest absolute Gasteiger partial charge is 0.460 e. The molecule has 0 unspecified atom stereocenters. The first-order valence-electron chi connectivity index (χ1n) is 4.89. The van der Waals surface area contributed by atoms with Crippen molar-refractivity contribution < 1.29 is 13.2 Å². The van der Waals surface area contributed by atoms with Crippen LogP contribution >= 0.6 is 0 Å². The minimum atomic E-state index is -0.610. The molecule has 1 N–H and O–H groups in total. The van der Waals surface area contributed by atoms with Gasteiger partial charge >= 0.3 is 0 Å². The molecule has 1 aromatic carbocycles. The topological polar surface area (TPSA) is 25.2 Å². The Hall–Kier alpha value is -1.68. The maximum absolute atomic E-state index is 13.0. The summed E-state index contributed by atoms with van der Waals surface area (Å²) in [6.07, 6.45) is 0. The lowest BCUT2D eigenvalue weighted by atomic mass is 10.1. The molecule has 0 saturated carbocycles. The molecule has 0 fully saturated rings. The number of furan rings is 1. The molecule has 0 spiro atoms. The van der Waals surface area contributed by atoms with Gasteiger partial charge in [-0.05, 0) is 31.3 Å². The van der Waals surface area contributed by atoms with Gasteiger partial charge in [0.25, 0.3) is 0 Å². The van der Waals surface area contributed by atoms with Crippen molar-refractivity contribution in [3.05, 3.63) is 47.7 Å². The predicted molar refractivity (Wildman–Crippen MR) is 56.8 cm³/mol. The van der Waals surface area contributed by atoms with Gasteiger partial charge in [0.1, 0.15) is 23.2 Å². The van der Waals surface area contributed by atoms with Crippen LogP contribution < -0.4 is 5.32 Å². The van der Waals surface area contributed by atoms with E-state index in [1.165, 1.54) is 12.1 Å². The predicted octanol–water partition coefficient (Wildman–Crippen LogP) is 2.94. The first-order valence-corrected chi connectivity index (χ1v) is 4.89. The van der Waals surface area contributed by atoms with Crippen molar-refractivity contribution in [3.63, 3.8) is 0 Å². The number of hydrogen-bond donors (Lipinski definition) is 1. The summed E-state index contributed by atoms with van der Waals surface area (Å²) in [5.41, 5.74) is 0.403. The van der Waals surface area contributed by atoms with E-state index in [0.29, 0.717) is 17.9 Å². The van der Waals surface area contributed by atoms with Gasteiger partial charge in [-0.25, -0.2) is 8.78 Å². The molecule has 0 saturated heterocycles. The molecule has 2 nitrogen and oxygen atoms in total. The minimum Gasteiger partial charge on any atom is -0.460 e. The second-order valence-corrected chi connectivity index (χ2v) is 3.45. The van der Waals surface area contributed by atoms with Gasteiger partial charge in [-0.2, -0.15) is 0 Å². The molecule has 84 valence electrons. The van der Waals surface area contributed by atoms with Gasteiger partial charge in [-0.1, -0.05) is 0 Å². The van der Waals surface area contributed by atoms with Crippen LogP contribution in [0.2, 0.25) is 0 Å². The summed E-state index contributed by atoms with van der Waals surface area (Å²) >= 11 is 0. The highest BCUT2D eigenvalue weighted by molar-refractivity contribution is 5.57. The lowest BCUT2D eigenvalue weighted by Crippen LogP contribution is -2.03. The highest BCUT2D eigenvalue weighted by atomic mass is 19.1. The molecular weight excluding hydrogens is 212 g/mol. The van der Waals surface area contributed by atoms with E-state index in [1.807, 2.05) is 0 Å². The van der Waals surface area contributed by atoms with Crippen molar-refractivity contribution >= 4 is 0 Å². The van der Waals surface area contributed by atoms with Crippen LogP contribution in [0.15, 0.2) is 34.7 Å². The fraction of sp³-hybridized carbons (Fsp3) is 0.167. The van der Waals surface area contributed by atoms with Crippen molar-refractivity contribution in [1.29, 1.82) is 0 Å². The first-order chi connectivity index (χ1) is 7.69. The minimum absolute atomic E-state index is 0.403. The van der Waals surface area contributed by atoms with Crippen LogP contribution in [0.3, 0.4) is 0 Å². The summed E-state index contributed by atoms with van der Waals surface area (Å²) in [6.45, 7) is 0.581. The van der Waals surface area contributed by atoms with E-state index in [2.05, 4.69) is 5.32 Å². The number of halogens is 2. The standard InChI is InChI=1S/C12H11F2NO/c1-15-7-11-2-3-12(16-11)8-4-9(13)6-10(14)5-8/h2-6,15H,7H2,1H3. The third kappa shape index (κ3) is 2.28. The molecule has 0 atom stereocenters. The molecule has 1 aromatic heterocycles. The van der Waals surface area contributed by atoms with Crippen molar-refractivity contribution in [1.82, 2.24) is 5.32 Å². The Bertz CT molecular complexity index is 473. The van der Waals surface area contributed by atoms with Crippen molar-refractivity contribution in [3.8, 4) is 11.3 Å². The Morgan fingerprint density at radius 1 is 1.12 bits per heavy atom. The molecule has 2 rings (SSSR count). The number of hydrogen-bond acceptors (Lipinski definition) is 2. The van der Waals surface area contributed by atoms with Crippen LogP contribution in [0.5, 0.6) is 0 Å². The summed E-state index contributed by atoms with van der Waals surface area (Å²) in [6, 6.07) is 6.78. The highest BCUT2D eigenvalue weighted by Gasteiger charge is 2.07. The van der Waals surface area contributed by atoms with Crippen LogP contribution in [-0.2, 0) is 6.54 Å². The molecule has 0 radical (unpaired) electrons. The van der Waals surface area contributed by atoms with Gasteiger partial charge < -0.3 is 9.73 Å². The fourth-order valence-corrected chi connectivity index (χ4v) is 1.50. The number of benzene rings is 1. The van der Waals surface area contributed by atoms with Crippen LogP contribution in [-0.4, -0.2) is 7.05 Å². The van der Waals surface area contributed by atoms with Gasteiger partial charge in [0.2, 0.25) is 0 Å². The van der Waals surface area contributed by atoms with Gasteiger partial charge in [0.05, 0.1) is 6.54 Å². The van der Waals surface area contributed by atoms with E-state index >= 15 is 0 Å². The Kier molecular flexibility index (Phi) is 3.01. The molecular formula is C12H11F2NO. The molecule has 0 aliphatic heterocycles. The maximum atomic E-state index is 13.0. The van der Waals surface area contributed by atoms with Gasteiger partial charge in [-0.3, -0.25) is 0 Å². The highest BCUT2D eigenvalue weighted by Crippen LogP contribution is 2.23. The summed E-state index contributed by atoms with van der Waals surface area (Å²) in [5, 5.41) is 2.93. The molecule has 16 heavy (non-hydrogen) atoms. The zero-order chi connectivity index (χ0) is 11.5. The smallest absolute Gasteiger partial charge is 0.134 e. The van der Waals surface area contributed by atoms with Crippen molar-refractivity contribution in [2.24, 2.45) is 0 Å². The van der Waals surface area contributed by atoms with E-state index in [4.69, 9.17) is 4.42 Å². The van der Waals surface area contributed by atoms with Gasteiger partial charge in [-0.15, -0.1) is 0 Å². The molecule has 0 aliphatic carbocycles. The zero-order valence-electron chi connectivity index (χ0n) is 8.76. The zero-order valence-corrected chi connectivity index (χ0v) is 8.76. The second kappa shape index (κ2) is 4.45. The fourth-order valence-electron chi connectivity index (χ4n) is 1.50. The normalized spacial score (nSPS) is 10.7. The lowest BCUT2D eigenvalue weighted by Gasteiger charge is -1.98. The maximum Gasteiger partial charge on any atom is 0.134 e. The lowest BCUT2D eigenvalue weighted by molar-refractivity contribution is 0.505. The van der Waals surface area contributed by atoms with Crippen LogP contribution in [0.25, 0.3) is 11.3 Å². The van der Waals surface area contributed by atoms with Crippen molar-refractivity contribution in [2.45, 2.75) is 6.54 Å². The van der Waals surface area contributed by atoms with E-state index in [0.717, 1.165) is 11.8 Å². The van der Waals surface area contributed by atoms with Gasteiger partial charge in [0, 0.05) is 11.6 Å². The Morgan fingerprint density at radius 2 is 1.81 bits per heavy atom. The average molecular weight is 223 g/mol. The summed E-state index contributed by atoms with van der Waals surface area (Å²) in [4.78, 5) is 0. The number of rotatable bonds is 3. The first kappa shape index (κ1) is 10.8. The SMILES string of the molecule is CNCc1ccc(-c2cc(F)cc(F)c2)o1. The third-order valence-electron chi connectivity index (χ3n) is 2.16. The monoisotopic (exact) mass is 223 g/mol. The van der Waals surface area contributed by atoms with E-state index in [9.17, 15) is 8.78 Å². The van der Waals surface area contributed by atoms with Crippen molar-refractivity contribution in [2.75, 3.05) is 7.05 Å².